The van der Waals surface area contributed by atoms with Gasteiger partial charge in [0.15, 0.2) is 0 Å². The number of amides is 2. The first-order valence-electron chi connectivity index (χ1n) is 6.68. The molecule has 0 spiro atoms. The smallest absolute Gasteiger partial charge is 0.319 e. The zero-order valence-corrected chi connectivity index (χ0v) is 13.0. The van der Waals surface area contributed by atoms with Crippen LogP contribution >= 0.6 is 15.9 Å². The molecule has 2 aromatic carbocycles. The molecule has 2 aromatic rings. The maximum atomic E-state index is 12.1. The number of carbonyl (C=O) groups excluding carboxylic acids is 1. The normalized spacial score (nSPS) is 11.7. The number of hydrogen-bond acceptors (Lipinski definition) is 2. The number of halogens is 1. The van der Waals surface area contributed by atoms with Crippen molar-refractivity contribution in [3.8, 4) is 0 Å². The Morgan fingerprint density at radius 3 is 2.57 bits per heavy atom. The number of aliphatic hydroxyl groups is 1. The second-order valence-corrected chi connectivity index (χ2v) is 5.50. The van der Waals surface area contributed by atoms with E-state index in [1.54, 1.807) is 0 Å². The third kappa shape index (κ3) is 4.88. The Morgan fingerprint density at radius 1 is 1.14 bits per heavy atom. The number of hydrogen-bond donors (Lipinski definition) is 3. The zero-order chi connectivity index (χ0) is 15.1. The van der Waals surface area contributed by atoms with Crippen LogP contribution in [0.4, 0.5) is 10.5 Å². The SMILES string of the molecule is O=C(Nc1cccc(Br)c1)N[C@H](CCO)c1ccccc1. The predicted molar refractivity (Wildman–Crippen MR) is 87.2 cm³/mol. The van der Waals surface area contributed by atoms with Crippen molar-refractivity contribution in [1.29, 1.82) is 0 Å². The lowest BCUT2D eigenvalue weighted by Crippen LogP contribution is -2.33. The van der Waals surface area contributed by atoms with Crippen molar-refractivity contribution >= 4 is 27.6 Å². The van der Waals surface area contributed by atoms with Gasteiger partial charge in [-0.15, -0.1) is 0 Å². The summed E-state index contributed by atoms with van der Waals surface area (Å²) in [6, 6.07) is 16.5. The van der Waals surface area contributed by atoms with E-state index in [1.807, 2.05) is 54.6 Å². The van der Waals surface area contributed by atoms with Crippen LogP contribution in [0.5, 0.6) is 0 Å². The van der Waals surface area contributed by atoms with Gasteiger partial charge in [0.05, 0.1) is 6.04 Å². The summed E-state index contributed by atoms with van der Waals surface area (Å²) in [5, 5.41) is 14.8. The molecule has 5 heteroatoms. The Hall–Kier alpha value is -1.85. The van der Waals surface area contributed by atoms with E-state index in [4.69, 9.17) is 5.11 Å². The maximum Gasteiger partial charge on any atom is 0.319 e. The third-order valence-corrected chi connectivity index (χ3v) is 3.50. The van der Waals surface area contributed by atoms with Gasteiger partial charge in [0, 0.05) is 16.8 Å². The van der Waals surface area contributed by atoms with Gasteiger partial charge >= 0.3 is 6.03 Å². The average Bonchev–Trinajstić information content (AvgIpc) is 2.47. The average molecular weight is 349 g/mol. The molecule has 4 nitrogen and oxygen atoms in total. The van der Waals surface area contributed by atoms with E-state index in [0.29, 0.717) is 12.1 Å². The topological polar surface area (TPSA) is 61.4 Å². The lowest BCUT2D eigenvalue weighted by atomic mass is 10.0. The van der Waals surface area contributed by atoms with E-state index in [-0.39, 0.29) is 18.7 Å². The molecule has 0 saturated heterocycles. The van der Waals surface area contributed by atoms with E-state index in [9.17, 15) is 4.79 Å². The lowest BCUT2D eigenvalue weighted by molar-refractivity contribution is 0.239. The van der Waals surface area contributed by atoms with Gasteiger partial charge in [-0.2, -0.15) is 0 Å². The van der Waals surface area contributed by atoms with Crippen molar-refractivity contribution in [2.24, 2.45) is 0 Å². The van der Waals surface area contributed by atoms with Gasteiger partial charge in [0.1, 0.15) is 0 Å². The zero-order valence-electron chi connectivity index (χ0n) is 11.4. The summed E-state index contributed by atoms with van der Waals surface area (Å²) in [7, 11) is 0. The molecule has 0 saturated carbocycles. The van der Waals surface area contributed by atoms with E-state index >= 15 is 0 Å². The minimum absolute atomic E-state index is 0.0106. The maximum absolute atomic E-state index is 12.1. The highest BCUT2D eigenvalue weighted by Crippen LogP contribution is 2.18. The highest BCUT2D eigenvalue weighted by atomic mass is 79.9. The van der Waals surface area contributed by atoms with E-state index in [0.717, 1.165) is 10.0 Å². The summed E-state index contributed by atoms with van der Waals surface area (Å²) < 4.78 is 0.898. The Kier molecular flexibility index (Phi) is 5.78. The van der Waals surface area contributed by atoms with E-state index < -0.39 is 0 Å². The molecule has 0 fully saturated rings. The minimum Gasteiger partial charge on any atom is -0.396 e. The number of benzene rings is 2. The molecule has 0 radical (unpaired) electrons. The van der Waals surface area contributed by atoms with Gasteiger partial charge in [0.2, 0.25) is 0 Å². The van der Waals surface area contributed by atoms with Crippen LogP contribution in [0, 0.1) is 0 Å². The number of aliphatic hydroxyl groups excluding tert-OH is 1. The Bertz CT molecular complexity index is 590. The first-order valence-corrected chi connectivity index (χ1v) is 7.47. The van der Waals surface area contributed by atoms with Crippen LogP contribution in [-0.2, 0) is 0 Å². The van der Waals surface area contributed by atoms with Crippen LogP contribution in [-0.4, -0.2) is 17.7 Å². The third-order valence-electron chi connectivity index (χ3n) is 3.01. The molecule has 1 atom stereocenters. The van der Waals surface area contributed by atoms with Crippen LogP contribution in [0.15, 0.2) is 59.1 Å². The van der Waals surface area contributed by atoms with Crippen molar-refractivity contribution in [3.05, 3.63) is 64.6 Å². The highest BCUT2D eigenvalue weighted by Gasteiger charge is 2.13. The molecule has 0 aromatic heterocycles. The van der Waals surface area contributed by atoms with Gasteiger partial charge in [-0.05, 0) is 30.2 Å². The van der Waals surface area contributed by atoms with Gasteiger partial charge in [-0.1, -0.05) is 52.3 Å². The van der Waals surface area contributed by atoms with Crippen molar-refractivity contribution in [2.75, 3.05) is 11.9 Å². The Balaban J connectivity index is 2.02. The molecule has 0 aliphatic rings. The Labute approximate surface area is 132 Å². The molecule has 110 valence electrons. The summed E-state index contributed by atoms with van der Waals surface area (Å²) in [5.74, 6) is 0. The van der Waals surface area contributed by atoms with Gasteiger partial charge in [-0.3, -0.25) is 0 Å². The quantitative estimate of drug-likeness (QED) is 0.771. The summed E-state index contributed by atoms with van der Waals surface area (Å²) in [4.78, 5) is 12.1. The number of rotatable bonds is 5. The van der Waals surface area contributed by atoms with Crippen LogP contribution in [0.3, 0.4) is 0 Å². The standard InChI is InChI=1S/C16H17BrN2O2/c17-13-7-4-8-14(11-13)18-16(21)19-15(9-10-20)12-5-2-1-3-6-12/h1-8,11,15,20H,9-10H2,(H2,18,19,21)/t15-/m1/s1. The summed E-state index contributed by atoms with van der Waals surface area (Å²) >= 11 is 3.36. The molecule has 0 heterocycles. The molecule has 0 aliphatic carbocycles. The molecule has 21 heavy (non-hydrogen) atoms. The fourth-order valence-corrected chi connectivity index (χ4v) is 2.43. The monoisotopic (exact) mass is 348 g/mol. The fourth-order valence-electron chi connectivity index (χ4n) is 2.03. The van der Waals surface area contributed by atoms with Crippen LogP contribution < -0.4 is 10.6 Å². The number of carbonyl (C=O) groups is 1. The second-order valence-electron chi connectivity index (χ2n) is 4.58. The van der Waals surface area contributed by atoms with Crippen LogP contribution in [0.25, 0.3) is 0 Å². The fraction of sp³-hybridized carbons (Fsp3) is 0.188. The van der Waals surface area contributed by atoms with Gasteiger partial charge < -0.3 is 15.7 Å². The molecule has 0 unspecified atom stereocenters. The van der Waals surface area contributed by atoms with Crippen LogP contribution in [0.2, 0.25) is 0 Å². The highest BCUT2D eigenvalue weighted by molar-refractivity contribution is 9.10. The van der Waals surface area contributed by atoms with Crippen LogP contribution in [0.1, 0.15) is 18.0 Å². The number of urea groups is 1. The predicted octanol–water partition coefficient (Wildman–Crippen LogP) is 3.69. The lowest BCUT2D eigenvalue weighted by Gasteiger charge is -2.18. The molecular formula is C16H17BrN2O2. The summed E-state index contributed by atoms with van der Waals surface area (Å²) in [5.41, 5.74) is 1.67. The van der Waals surface area contributed by atoms with E-state index in [1.165, 1.54) is 0 Å². The van der Waals surface area contributed by atoms with Gasteiger partial charge in [0.25, 0.3) is 0 Å². The molecule has 2 amide bonds. The van der Waals surface area contributed by atoms with Crippen molar-refractivity contribution in [1.82, 2.24) is 5.32 Å². The second kappa shape index (κ2) is 7.81. The first-order chi connectivity index (χ1) is 10.2. The molecule has 2 rings (SSSR count). The summed E-state index contributed by atoms with van der Waals surface area (Å²) in [6.45, 7) is 0.0106. The minimum atomic E-state index is -0.296. The first kappa shape index (κ1) is 15.5. The largest absolute Gasteiger partial charge is 0.396 e. The molecule has 0 aliphatic heterocycles. The molecular weight excluding hydrogens is 332 g/mol. The number of anilines is 1. The van der Waals surface area contributed by atoms with Crippen molar-refractivity contribution in [3.63, 3.8) is 0 Å². The molecule has 0 bridgehead atoms. The van der Waals surface area contributed by atoms with Crippen molar-refractivity contribution in [2.45, 2.75) is 12.5 Å². The summed E-state index contributed by atoms with van der Waals surface area (Å²) in [6.07, 6.45) is 0.468. The Morgan fingerprint density at radius 2 is 1.90 bits per heavy atom. The van der Waals surface area contributed by atoms with Gasteiger partial charge in [-0.25, -0.2) is 4.79 Å². The molecule has 3 N–H and O–H groups in total. The van der Waals surface area contributed by atoms with Crippen molar-refractivity contribution < 1.29 is 9.90 Å². The number of nitrogens with one attached hydrogen (secondary N) is 2. The van der Waals surface area contributed by atoms with E-state index in [2.05, 4.69) is 26.6 Å².